The molecule has 0 aromatic heterocycles. The third-order valence-corrected chi connectivity index (χ3v) is 3.82. The van der Waals surface area contributed by atoms with Crippen molar-refractivity contribution in [3.05, 3.63) is 28.8 Å². The van der Waals surface area contributed by atoms with E-state index in [0.29, 0.717) is 17.2 Å². The molecule has 1 aliphatic rings. The fourth-order valence-corrected chi connectivity index (χ4v) is 2.54. The van der Waals surface area contributed by atoms with Gasteiger partial charge in [0.25, 0.3) is 5.91 Å². The Morgan fingerprint density at radius 3 is 2.68 bits per heavy atom. The Balaban J connectivity index is 1.89. The van der Waals surface area contributed by atoms with E-state index in [1.807, 2.05) is 0 Å². The van der Waals surface area contributed by atoms with Crippen molar-refractivity contribution >= 4 is 29.5 Å². The van der Waals surface area contributed by atoms with Crippen molar-refractivity contribution in [2.45, 2.75) is 39.3 Å². The predicted molar refractivity (Wildman–Crippen MR) is 91.5 cm³/mol. The average Bonchev–Trinajstić information content (AvgIpc) is 2.52. The zero-order valence-corrected chi connectivity index (χ0v) is 15.1. The summed E-state index contributed by atoms with van der Waals surface area (Å²) in [7, 11) is 0. The number of carbonyl (C=O) groups is 3. The number of hydrogen-bond donors (Lipinski definition) is 2. The van der Waals surface area contributed by atoms with Crippen molar-refractivity contribution in [3.8, 4) is 5.75 Å². The van der Waals surface area contributed by atoms with Crippen LogP contribution in [0.15, 0.2) is 18.2 Å². The molecule has 25 heavy (non-hydrogen) atoms. The molecule has 1 aromatic carbocycles. The van der Waals surface area contributed by atoms with Gasteiger partial charge in [-0.3, -0.25) is 14.9 Å². The number of amides is 3. The zero-order valence-electron chi connectivity index (χ0n) is 14.3. The molecule has 0 radical (unpaired) electrons. The Labute approximate surface area is 151 Å². The zero-order chi connectivity index (χ0) is 18.6. The molecule has 0 spiro atoms. The summed E-state index contributed by atoms with van der Waals surface area (Å²) in [5.41, 5.74) is 0.814. The van der Waals surface area contributed by atoms with E-state index in [0.717, 1.165) is 5.56 Å². The van der Waals surface area contributed by atoms with E-state index >= 15 is 0 Å². The van der Waals surface area contributed by atoms with Gasteiger partial charge in [0.05, 0.1) is 5.92 Å². The van der Waals surface area contributed by atoms with Gasteiger partial charge in [0.2, 0.25) is 0 Å². The Morgan fingerprint density at radius 2 is 2.00 bits per heavy atom. The Hall–Kier alpha value is -2.28. The second-order valence-corrected chi connectivity index (χ2v) is 6.60. The van der Waals surface area contributed by atoms with Crippen molar-refractivity contribution in [1.29, 1.82) is 0 Å². The number of esters is 1. The van der Waals surface area contributed by atoms with E-state index in [1.165, 1.54) is 6.92 Å². The number of fused-ring (bicyclic) bond motifs is 1. The average molecular weight is 369 g/mol. The number of halogens is 1. The van der Waals surface area contributed by atoms with E-state index in [4.69, 9.17) is 21.1 Å². The van der Waals surface area contributed by atoms with Gasteiger partial charge in [-0.15, -0.1) is 0 Å². The van der Waals surface area contributed by atoms with E-state index in [9.17, 15) is 14.4 Å². The molecule has 0 aliphatic carbocycles. The Kier molecular flexibility index (Phi) is 6.25. The maximum absolute atomic E-state index is 12.3. The molecule has 0 bridgehead atoms. The SMILES string of the molecule is CC(C)NC(=O)NC(=O)[C@@H](C)OC(=O)[C@@H]1COc2ccc(Cl)cc2C1. The van der Waals surface area contributed by atoms with Crippen LogP contribution < -0.4 is 15.4 Å². The van der Waals surface area contributed by atoms with Crippen LogP contribution in [0.5, 0.6) is 5.75 Å². The van der Waals surface area contributed by atoms with Crippen molar-refractivity contribution in [2.75, 3.05) is 6.61 Å². The van der Waals surface area contributed by atoms with Crippen LogP contribution in [0.1, 0.15) is 26.3 Å². The van der Waals surface area contributed by atoms with Crippen molar-refractivity contribution < 1.29 is 23.9 Å². The summed E-state index contributed by atoms with van der Waals surface area (Å²) in [6, 6.07) is 4.46. The third-order valence-electron chi connectivity index (χ3n) is 3.58. The minimum Gasteiger partial charge on any atom is -0.492 e. The molecule has 0 unspecified atom stereocenters. The largest absolute Gasteiger partial charge is 0.492 e. The van der Waals surface area contributed by atoms with Gasteiger partial charge >= 0.3 is 12.0 Å². The maximum Gasteiger partial charge on any atom is 0.321 e. The summed E-state index contributed by atoms with van der Waals surface area (Å²) in [5.74, 6) is -1.10. The highest BCUT2D eigenvalue weighted by molar-refractivity contribution is 6.30. The minimum absolute atomic E-state index is 0.114. The van der Waals surface area contributed by atoms with Gasteiger partial charge in [-0.1, -0.05) is 11.6 Å². The standard InChI is InChI=1S/C17H21ClN2O5/c1-9(2)19-17(23)20-15(21)10(3)25-16(22)12-6-11-7-13(18)4-5-14(11)24-8-12/h4-5,7,9-10,12H,6,8H2,1-3H3,(H2,19,20,21,23)/t10-,12+/m1/s1. The predicted octanol–water partition coefficient (Wildman–Crippen LogP) is 2.06. The first-order chi connectivity index (χ1) is 11.8. The second kappa shape index (κ2) is 8.20. The van der Waals surface area contributed by atoms with Gasteiger partial charge < -0.3 is 14.8 Å². The fourth-order valence-electron chi connectivity index (χ4n) is 2.35. The highest BCUT2D eigenvalue weighted by Crippen LogP contribution is 2.30. The topological polar surface area (TPSA) is 93.7 Å². The van der Waals surface area contributed by atoms with E-state index in [-0.39, 0.29) is 12.6 Å². The summed E-state index contributed by atoms with van der Waals surface area (Å²) in [4.78, 5) is 35.7. The first-order valence-electron chi connectivity index (χ1n) is 7.99. The van der Waals surface area contributed by atoms with Crippen LogP contribution in [-0.4, -0.2) is 36.7 Å². The minimum atomic E-state index is -1.09. The molecule has 1 aliphatic heterocycles. The summed E-state index contributed by atoms with van der Waals surface area (Å²) in [5, 5.41) is 5.20. The lowest BCUT2D eigenvalue weighted by Gasteiger charge is -2.25. The Morgan fingerprint density at radius 1 is 1.28 bits per heavy atom. The molecule has 1 heterocycles. The van der Waals surface area contributed by atoms with Gasteiger partial charge in [-0.2, -0.15) is 0 Å². The molecular formula is C17H21ClN2O5. The summed E-state index contributed by atoms with van der Waals surface area (Å²) >= 11 is 5.95. The van der Waals surface area contributed by atoms with Gasteiger partial charge in [0.1, 0.15) is 12.4 Å². The number of hydrogen-bond acceptors (Lipinski definition) is 5. The molecule has 7 nitrogen and oxygen atoms in total. The molecule has 0 saturated carbocycles. The van der Waals surface area contributed by atoms with Crippen molar-refractivity contribution in [2.24, 2.45) is 5.92 Å². The van der Waals surface area contributed by atoms with Crippen molar-refractivity contribution in [3.63, 3.8) is 0 Å². The number of ether oxygens (including phenoxy) is 2. The lowest BCUT2D eigenvalue weighted by atomic mass is 9.97. The fraction of sp³-hybridized carbons (Fsp3) is 0.471. The van der Waals surface area contributed by atoms with Gasteiger partial charge in [0.15, 0.2) is 6.10 Å². The summed E-state index contributed by atoms with van der Waals surface area (Å²) in [6.07, 6.45) is -0.678. The number of urea groups is 1. The molecule has 2 atom stereocenters. The van der Waals surface area contributed by atoms with Crippen LogP contribution in [0, 0.1) is 5.92 Å². The molecule has 0 fully saturated rings. The molecule has 2 rings (SSSR count). The number of rotatable bonds is 4. The van der Waals surface area contributed by atoms with Crippen LogP contribution in [0.2, 0.25) is 5.02 Å². The number of benzene rings is 1. The number of carbonyl (C=O) groups excluding carboxylic acids is 3. The molecule has 3 amide bonds. The van der Waals surface area contributed by atoms with Crippen LogP contribution in [0.4, 0.5) is 4.79 Å². The van der Waals surface area contributed by atoms with E-state index in [1.54, 1.807) is 32.0 Å². The van der Waals surface area contributed by atoms with Crippen LogP contribution in [-0.2, 0) is 20.7 Å². The quantitative estimate of drug-likeness (QED) is 0.793. The highest BCUT2D eigenvalue weighted by Gasteiger charge is 2.30. The molecule has 0 saturated heterocycles. The summed E-state index contributed by atoms with van der Waals surface area (Å²) < 4.78 is 10.7. The second-order valence-electron chi connectivity index (χ2n) is 6.16. The van der Waals surface area contributed by atoms with Crippen LogP contribution in [0.3, 0.4) is 0 Å². The number of nitrogens with one attached hydrogen (secondary N) is 2. The maximum atomic E-state index is 12.3. The molecule has 2 N–H and O–H groups in total. The van der Waals surface area contributed by atoms with Crippen molar-refractivity contribution in [1.82, 2.24) is 10.6 Å². The normalized spacial score (nSPS) is 17.1. The first kappa shape index (κ1) is 19.1. The van der Waals surface area contributed by atoms with Gasteiger partial charge in [-0.05, 0) is 51.0 Å². The smallest absolute Gasteiger partial charge is 0.321 e. The Bertz CT molecular complexity index is 677. The monoisotopic (exact) mass is 368 g/mol. The van der Waals surface area contributed by atoms with Gasteiger partial charge in [-0.25, -0.2) is 4.79 Å². The highest BCUT2D eigenvalue weighted by atomic mass is 35.5. The molecule has 8 heteroatoms. The first-order valence-corrected chi connectivity index (χ1v) is 8.37. The van der Waals surface area contributed by atoms with Crippen LogP contribution >= 0.6 is 11.6 Å². The van der Waals surface area contributed by atoms with Crippen LogP contribution in [0.25, 0.3) is 0 Å². The third kappa shape index (κ3) is 5.35. The van der Waals surface area contributed by atoms with Gasteiger partial charge in [0, 0.05) is 11.1 Å². The molecular weight excluding hydrogens is 348 g/mol. The molecule has 1 aromatic rings. The van der Waals surface area contributed by atoms with E-state index in [2.05, 4.69) is 10.6 Å². The summed E-state index contributed by atoms with van der Waals surface area (Å²) in [6.45, 7) is 5.10. The molecule has 136 valence electrons. The number of imide groups is 1. The van der Waals surface area contributed by atoms with E-state index < -0.39 is 29.9 Å². The lowest BCUT2D eigenvalue weighted by Crippen LogP contribution is -2.47. The lowest BCUT2D eigenvalue weighted by molar-refractivity contribution is -0.159.